The molecule has 1 N–H and O–H groups in total. The molecule has 0 spiro atoms. The number of rotatable bonds is 4. The number of nitrogens with zero attached hydrogens (tertiary/aromatic N) is 5. The first-order valence-electron chi connectivity index (χ1n) is 11.8. The maximum Gasteiger partial charge on any atom is 0.252 e. The topological polar surface area (TPSA) is 66.3 Å². The molecule has 0 atom stereocenters. The van der Waals surface area contributed by atoms with Gasteiger partial charge in [-0.2, -0.15) is 4.98 Å². The number of anilines is 3. The Labute approximate surface area is 189 Å². The van der Waals surface area contributed by atoms with E-state index in [1.165, 1.54) is 24.9 Å². The van der Waals surface area contributed by atoms with E-state index in [4.69, 9.17) is 4.98 Å². The minimum absolute atomic E-state index is 0.0407. The van der Waals surface area contributed by atoms with Crippen LogP contribution in [0.15, 0.2) is 41.3 Å². The molecule has 1 saturated heterocycles. The molecular formula is C25H32N6O. The van der Waals surface area contributed by atoms with Crippen molar-refractivity contribution in [1.29, 1.82) is 0 Å². The summed E-state index contributed by atoms with van der Waals surface area (Å²) in [6.45, 7) is 6.34. The van der Waals surface area contributed by atoms with Crippen LogP contribution in [0.4, 0.5) is 17.3 Å². The lowest BCUT2D eigenvalue weighted by atomic mass is 10.1. The number of nitrogens with one attached hydrogen (secondary N) is 1. The van der Waals surface area contributed by atoms with Gasteiger partial charge in [0.15, 0.2) is 0 Å². The minimum atomic E-state index is 0.0407. The summed E-state index contributed by atoms with van der Waals surface area (Å²) < 4.78 is 1.89. The van der Waals surface area contributed by atoms with Gasteiger partial charge in [-0.3, -0.25) is 9.36 Å². The Hall–Kier alpha value is -2.93. The fraction of sp³-hybridized carbons (Fsp3) is 0.480. The van der Waals surface area contributed by atoms with E-state index in [0.29, 0.717) is 5.95 Å². The number of hydrogen-bond acceptors (Lipinski definition) is 6. The molecule has 5 rings (SSSR count). The Balaban J connectivity index is 1.40. The summed E-state index contributed by atoms with van der Waals surface area (Å²) in [6, 6.07) is 10.4. The molecular weight excluding hydrogens is 400 g/mol. The average molecular weight is 433 g/mol. The molecule has 2 aliphatic rings. The van der Waals surface area contributed by atoms with Gasteiger partial charge in [-0.05, 0) is 69.6 Å². The summed E-state index contributed by atoms with van der Waals surface area (Å²) >= 11 is 0. The van der Waals surface area contributed by atoms with Crippen molar-refractivity contribution in [2.45, 2.75) is 45.1 Å². The van der Waals surface area contributed by atoms with Crippen molar-refractivity contribution >= 4 is 28.4 Å². The van der Waals surface area contributed by atoms with E-state index in [1.807, 2.05) is 17.7 Å². The second-order valence-electron chi connectivity index (χ2n) is 9.22. The summed E-state index contributed by atoms with van der Waals surface area (Å²) in [4.78, 5) is 27.0. The maximum absolute atomic E-state index is 12.8. The maximum atomic E-state index is 12.8. The summed E-state index contributed by atoms with van der Waals surface area (Å²) in [5, 5.41) is 4.29. The van der Waals surface area contributed by atoms with Crippen molar-refractivity contribution in [2.24, 2.45) is 0 Å². The zero-order valence-corrected chi connectivity index (χ0v) is 19.0. The predicted molar refractivity (Wildman–Crippen MR) is 130 cm³/mol. The van der Waals surface area contributed by atoms with E-state index in [-0.39, 0.29) is 11.6 Å². The standard InChI is InChI=1S/C25H32N6O/c1-18-16-23(32)31(21-6-3-4-7-21)24-22(18)17-26-25(28-24)27-19-8-10-20(11-9-19)30-13-5-12-29(2)14-15-30/h8-11,16-17,21H,3-7,12-15H2,1-2H3,(H,26,27,28). The number of hydrogen-bond donors (Lipinski definition) is 1. The van der Waals surface area contributed by atoms with Crippen molar-refractivity contribution in [3.05, 3.63) is 52.4 Å². The first-order chi connectivity index (χ1) is 15.6. The molecule has 7 heteroatoms. The third-order valence-electron chi connectivity index (χ3n) is 6.90. The molecule has 1 aliphatic carbocycles. The molecule has 168 valence electrons. The first kappa shape index (κ1) is 20.9. The molecule has 1 saturated carbocycles. The molecule has 0 radical (unpaired) electrons. The summed E-state index contributed by atoms with van der Waals surface area (Å²) in [6.07, 6.45) is 7.44. The van der Waals surface area contributed by atoms with E-state index >= 15 is 0 Å². The van der Waals surface area contributed by atoms with Crippen molar-refractivity contribution in [3.8, 4) is 0 Å². The third-order valence-corrected chi connectivity index (χ3v) is 6.90. The highest BCUT2D eigenvalue weighted by Crippen LogP contribution is 2.31. The molecule has 0 unspecified atom stereocenters. The minimum Gasteiger partial charge on any atom is -0.370 e. The van der Waals surface area contributed by atoms with Gasteiger partial charge < -0.3 is 15.1 Å². The summed E-state index contributed by atoms with van der Waals surface area (Å²) in [5.41, 5.74) is 3.90. The fourth-order valence-electron chi connectivity index (χ4n) is 5.04. The predicted octanol–water partition coefficient (Wildman–Crippen LogP) is 4.10. The van der Waals surface area contributed by atoms with Crippen LogP contribution in [0.25, 0.3) is 11.0 Å². The molecule has 2 fully saturated rings. The van der Waals surface area contributed by atoms with Gasteiger partial charge in [0.1, 0.15) is 5.65 Å². The molecule has 7 nitrogen and oxygen atoms in total. The molecule has 1 aliphatic heterocycles. The van der Waals surface area contributed by atoms with Crippen molar-refractivity contribution < 1.29 is 0 Å². The van der Waals surface area contributed by atoms with Crippen LogP contribution < -0.4 is 15.8 Å². The number of aromatic nitrogens is 3. The molecule has 3 heterocycles. The highest BCUT2D eigenvalue weighted by Gasteiger charge is 2.21. The van der Waals surface area contributed by atoms with Crippen LogP contribution >= 0.6 is 0 Å². The molecule has 3 aromatic rings. The lowest BCUT2D eigenvalue weighted by Gasteiger charge is -2.23. The zero-order valence-electron chi connectivity index (χ0n) is 19.0. The van der Waals surface area contributed by atoms with Crippen molar-refractivity contribution in [2.75, 3.05) is 43.4 Å². The van der Waals surface area contributed by atoms with Gasteiger partial charge in [0.05, 0.1) is 0 Å². The number of aryl methyl sites for hydroxylation is 1. The van der Waals surface area contributed by atoms with Crippen molar-refractivity contribution in [1.82, 2.24) is 19.4 Å². The average Bonchev–Trinajstić information content (AvgIpc) is 3.22. The second kappa shape index (κ2) is 8.90. The highest BCUT2D eigenvalue weighted by atomic mass is 16.1. The fourth-order valence-corrected chi connectivity index (χ4v) is 5.04. The Morgan fingerprint density at radius 2 is 1.78 bits per heavy atom. The van der Waals surface area contributed by atoms with Crippen molar-refractivity contribution in [3.63, 3.8) is 0 Å². The van der Waals surface area contributed by atoms with Gasteiger partial charge in [-0.15, -0.1) is 0 Å². The van der Waals surface area contributed by atoms with Gasteiger partial charge >= 0.3 is 0 Å². The number of likely N-dealkylation sites (N-methyl/N-ethyl adjacent to an activating group) is 1. The molecule has 2 aromatic heterocycles. The quantitative estimate of drug-likeness (QED) is 0.670. The molecule has 1 aromatic carbocycles. The summed E-state index contributed by atoms with van der Waals surface area (Å²) in [7, 11) is 2.19. The Kier molecular flexibility index (Phi) is 5.83. The van der Waals surface area contributed by atoms with Gasteiger partial charge in [0, 0.05) is 54.7 Å². The van der Waals surface area contributed by atoms with Gasteiger partial charge in [0.25, 0.3) is 5.56 Å². The number of fused-ring (bicyclic) bond motifs is 1. The molecule has 0 bridgehead atoms. The smallest absolute Gasteiger partial charge is 0.252 e. The van der Waals surface area contributed by atoms with E-state index in [1.54, 1.807) is 6.07 Å². The Morgan fingerprint density at radius 3 is 2.56 bits per heavy atom. The number of pyridine rings is 1. The van der Waals surface area contributed by atoms with E-state index < -0.39 is 0 Å². The van der Waals surface area contributed by atoms with Crippen LogP contribution in [0.5, 0.6) is 0 Å². The van der Waals surface area contributed by atoms with Crippen LogP contribution in [0.3, 0.4) is 0 Å². The number of benzene rings is 1. The lowest BCUT2D eigenvalue weighted by molar-refractivity contribution is 0.360. The SMILES string of the molecule is Cc1cc(=O)n(C2CCCC2)c2nc(Nc3ccc(N4CCCN(C)CC4)cc3)ncc12. The summed E-state index contributed by atoms with van der Waals surface area (Å²) in [5.74, 6) is 0.526. The van der Waals surface area contributed by atoms with Gasteiger partial charge in [-0.1, -0.05) is 12.8 Å². The monoisotopic (exact) mass is 432 g/mol. The van der Waals surface area contributed by atoms with Crippen LogP contribution in [0.1, 0.15) is 43.7 Å². The van der Waals surface area contributed by atoms with Crippen LogP contribution in [0.2, 0.25) is 0 Å². The Bertz CT molecular complexity index is 1150. The Morgan fingerprint density at radius 1 is 1.00 bits per heavy atom. The molecule has 32 heavy (non-hydrogen) atoms. The van der Waals surface area contributed by atoms with E-state index in [2.05, 4.69) is 51.4 Å². The van der Waals surface area contributed by atoms with Gasteiger partial charge in [0.2, 0.25) is 5.95 Å². The van der Waals surface area contributed by atoms with E-state index in [9.17, 15) is 4.79 Å². The van der Waals surface area contributed by atoms with E-state index in [0.717, 1.165) is 61.3 Å². The molecule has 0 amide bonds. The van der Waals surface area contributed by atoms with Crippen LogP contribution in [0, 0.1) is 6.92 Å². The van der Waals surface area contributed by atoms with Crippen LogP contribution in [-0.2, 0) is 0 Å². The van der Waals surface area contributed by atoms with Crippen LogP contribution in [-0.4, -0.2) is 52.7 Å². The first-order valence-corrected chi connectivity index (χ1v) is 11.8. The normalized spacial score (nSPS) is 18.2. The third kappa shape index (κ3) is 4.21. The second-order valence-corrected chi connectivity index (χ2v) is 9.22. The van der Waals surface area contributed by atoms with Gasteiger partial charge in [-0.25, -0.2) is 4.98 Å². The lowest BCUT2D eigenvalue weighted by Crippen LogP contribution is -2.28. The zero-order chi connectivity index (χ0) is 22.1. The largest absolute Gasteiger partial charge is 0.370 e. The highest BCUT2D eigenvalue weighted by molar-refractivity contribution is 5.79.